The van der Waals surface area contributed by atoms with Crippen molar-refractivity contribution in [1.82, 2.24) is 19.0 Å². The average Bonchev–Trinajstić information content (AvgIpc) is 3.38. The van der Waals surface area contributed by atoms with Gasteiger partial charge in [-0.15, -0.1) is 0 Å². The van der Waals surface area contributed by atoms with Gasteiger partial charge in [0.25, 0.3) is 11.5 Å². The summed E-state index contributed by atoms with van der Waals surface area (Å²) in [6.07, 6.45) is 8.66. The first-order chi connectivity index (χ1) is 15.8. The third-order valence-electron chi connectivity index (χ3n) is 6.30. The molecule has 0 spiro atoms. The number of fused-ring (bicyclic) bond motifs is 2. The molecule has 8 heteroatoms. The number of carbonyl (C=O) groups is 1. The maximum absolute atomic E-state index is 13.4. The van der Waals surface area contributed by atoms with E-state index in [1.165, 1.54) is 0 Å². The zero-order valence-electron chi connectivity index (χ0n) is 19.4. The Morgan fingerprint density at radius 3 is 2.79 bits per heavy atom. The molecule has 8 nitrogen and oxygen atoms in total. The van der Waals surface area contributed by atoms with Gasteiger partial charge in [0.15, 0.2) is 0 Å². The lowest BCUT2D eigenvalue weighted by atomic mass is 10.1. The third kappa shape index (κ3) is 3.69. The second kappa shape index (κ2) is 8.10. The Morgan fingerprint density at radius 1 is 1.24 bits per heavy atom. The van der Waals surface area contributed by atoms with E-state index in [1.807, 2.05) is 38.7 Å². The van der Waals surface area contributed by atoms with Crippen LogP contribution in [-0.4, -0.2) is 43.6 Å². The Balaban J connectivity index is 1.44. The zero-order valence-corrected chi connectivity index (χ0v) is 19.4. The molecule has 2 aliphatic heterocycles. The quantitative estimate of drug-likeness (QED) is 0.700. The lowest BCUT2D eigenvalue weighted by Crippen LogP contribution is -2.50. The number of ether oxygens (including phenoxy) is 2. The SMILES string of the molecule is Cc1cn(-c2ccc3n(c2=O)C[C@@H](C)N(CC2=C4OC=CC(OC(C)C)=C4CC2)C3=O)cn1. The van der Waals surface area contributed by atoms with Gasteiger partial charge in [0, 0.05) is 37.0 Å². The normalized spacial score (nSPS) is 19.8. The smallest absolute Gasteiger partial charge is 0.275 e. The van der Waals surface area contributed by atoms with Crippen molar-refractivity contribution >= 4 is 5.91 Å². The molecule has 0 saturated carbocycles. The van der Waals surface area contributed by atoms with Gasteiger partial charge in [0.2, 0.25) is 0 Å². The van der Waals surface area contributed by atoms with Gasteiger partial charge in [-0.3, -0.25) is 9.59 Å². The first-order valence-corrected chi connectivity index (χ1v) is 11.3. The molecule has 1 aliphatic carbocycles. The number of carbonyl (C=O) groups excluding carboxylic acids is 1. The van der Waals surface area contributed by atoms with Crippen LogP contribution in [0.25, 0.3) is 5.69 Å². The summed E-state index contributed by atoms with van der Waals surface area (Å²) >= 11 is 0. The first-order valence-electron chi connectivity index (χ1n) is 11.3. The minimum absolute atomic E-state index is 0.0789. The molecule has 0 bridgehead atoms. The van der Waals surface area contributed by atoms with Gasteiger partial charge in [0.05, 0.1) is 24.4 Å². The fourth-order valence-corrected chi connectivity index (χ4v) is 4.71. The van der Waals surface area contributed by atoms with Gasteiger partial charge in [-0.2, -0.15) is 0 Å². The first kappa shape index (κ1) is 21.3. The van der Waals surface area contributed by atoms with Crippen LogP contribution in [0.4, 0.5) is 0 Å². The molecular formula is C25H28N4O4. The summed E-state index contributed by atoms with van der Waals surface area (Å²) in [6, 6.07) is 3.30. The predicted octanol–water partition coefficient (Wildman–Crippen LogP) is 3.46. The highest BCUT2D eigenvalue weighted by molar-refractivity contribution is 5.94. The Labute approximate surface area is 192 Å². The summed E-state index contributed by atoms with van der Waals surface area (Å²) in [5, 5.41) is 0. The van der Waals surface area contributed by atoms with Crippen LogP contribution < -0.4 is 5.56 Å². The van der Waals surface area contributed by atoms with Crippen molar-refractivity contribution in [2.45, 2.75) is 59.2 Å². The van der Waals surface area contributed by atoms with E-state index in [4.69, 9.17) is 9.47 Å². The van der Waals surface area contributed by atoms with Crippen LogP contribution in [0.2, 0.25) is 0 Å². The highest BCUT2D eigenvalue weighted by Crippen LogP contribution is 2.39. The standard InChI is InChI=1S/C25H28N4O4/c1-15(2)33-22-9-10-32-23-18(5-6-19(22)23)13-28-17(4)12-29-21(25(28)31)8-7-20(24(29)30)27-11-16(3)26-14-27/h7-11,14-15,17H,5-6,12-13H2,1-4H3/t17-/m1/s1. The van der Waals surface area contributed by atoms with Crippen molar-refractivity contribution in [3.63, 3.8) is 0 Å². The number of hydrogen-bond acceptors (Lipinski definition) is 5. The molecule has 0 N–H and O–H groups in total. The van der Waals surface area contributed by atoms with Gasteiger partial charge in [-0.05, 0) is 58.2 Å². The summed E-state index contributed by atoms with van der Waals surface area (Å²) in [4.78, 5) is 32.6. The number of rotatable bonds is 5. The van der Waals surface area contributed by atoms with Crippen LogP contribution in [-0.2, 0) is 16.0 Å². The molecule has 0 radical (unpaired) electrons. The Hall–Kier alpha value is -3.55. The maximum Gasteiger partial charge on any atom is 0.275 e. The molecule has 0 fully saturated rings. The number of aryl methyl sites for hydroxylation is 1. The lowest BCUT2D eigenvalue weighted by molar-refractivity contribution is 0.0628. The molecule has 3 aliphatic rings. The number of allylic oxidation sites excluding steroid dienone is 2. The molecule has 0 unspecified atom stereocenters. The van der Waals surface area contributed by atoms with E-state index < -0.39 is 0 Å². The van der Waals surface area contributed by atoms with Gasteiger partial charge in [-0.1, -0.05) is 0 Å². The van der Waals surface area contributed by atoms with Gasteiger partial charge in [-0.25, -0.2) is 4.98 Å². The van der Waals surface area contributed by atoms with E-state index in [0.717, 1.165) is 41.2 Å². The van der Waals surface area contributed by atoms with Gasteiger partial charge in [0.1, 0.15) is 22.9 Å². The van der Waals surface area contributed by atoms with Crippen molar-refractivity contribution in [1.29, 1.82) is 0 Å². The van der Waals surface area contributed by atoms with Crippen LogP contribution >= 0.6 is 0 Å². The maximum atomic E-state index is 13.4. The van der Waals surface area contributed by atoms with Crippen LogP contribution in [0.1, 0.15) is 49.8 Å². The van der Waals surface area contributed by atoms with Crippen LogP contribution in [0, 0.1) is 6.92 Å². The number of aromatic nitrogens is 3. The molecule has 5 rings (SSSR count). The second-order valence-corrected chi connectivity index (χ2v) is 9.09. The van der Waals surface area contributed by atoms with Crippen LogP contribution in [0.15, 0.2) is 64.5 Å². The minimum Gasteiger partial charge on any atom is -0.490 e. The highest BCUT2D eigenvalue weighted by atomic mass is 16.5. The molecule has 33 heavy (non-hydrogen) atoms. The topological polar surface area (TPSA) is 78.6 Å². The predicted molar refractivity (Wildman–Crippen MR) is 123 cm³/mol. The number of amides is 1. The fraction of sp³-hybridized carbons (Fsp3) is 0.400. The summed E-state index contributed by atoms with van der Waals surface area (Å²) in [5.41, 5.74) is 3.69. The zero-order chi connectivity index (χ0) is 23.3. The molecule has 0 saturated heterocycles. The number of imidazole rings is 1. The molecule has 1 atom stereocenters. The van der Waals surface area contributed by atoms with Crippen molar-refractivity contribution in [3.05, 3.63) is 81.4 Å². The highest BCUT2D eigenvalue weighted by Gasteiger charge is 2.35. The minimum atomic E-state index is -0.186. The Morgan fingerprint density at radius 2 is 2.06 bits per heavy atom. The summed E-state index contributed by atoms with van der Waals surface area (Å²) in [5.74, 6) is 1.52. The summed E-state index contributed by atoms with van der Waals surface area (Å²) < 4.78 is 15.1. The van der Waals surface area contributed by atoms with Crippen molar-refractivity contribution < 1.29 is 14.3 Å². The van der Waals surface area contributed by atoms with Crippen molar-refractivity contribution in [3.8, 4) is 5.69 Å². The Kier molecular flexibility index (Phi) is 5.23. The number of hydrogen-bond donors (Lipinski definition) is 0. The van der Waals surface area contributed by atoms with E-state index in [-0.39, 0.29) is 23.6 Å². The van der Waals surface area contributed by atoms with E-state index in [0.29, 0.717) is 24.5 Å². The molecule has 2 aromatic rings. The van der Waals surface area contributed by atoms with E-state index >= 15 is 0 Å². The lowest BCUT2D eigenvalue weighted by Gasteiger charge is -2.36. The van der Waals surface area contributed by atoms with E-state index in [9.17, 15) is 9.59 Å². The number of pyridine rings is 1. The molecule has 2 aromatic heterocycles. The molecule has 4 heterocycles. The Bertz CT molecular complexity index is 1280. The van der Waals surface area contributed by atoms with Gasteiger partial charge < -0.3 is 23.5 Å². The van der Waals surface area contributed by atoms with Crippen LogP contribution in [0.3, 0.4) is 0 Å². The number of nitrogens with zero attached hydrogens (tertiary/aromatic N) is 4. The summed E-state index contributed by atoms with van der Waals surface area (Å²) in [7, 11) is 0. The largest absolute Gasteiger partial charge is 0.490 e. The van der Waals surface area contributed by atoms with E-state index in [1.54, 1.807) is 40.1 Å². The third-order valence-corrected chi connectivity index (χ3v) is 6.30. The van der Waals surface area contributed by atoms with Crippen molar-refractivity contribution in [2.24, 2.45) is 0 Å². The summed E-state index contributed by atoms with van der Waals surface area (Å²) in [6.45, 7) is 8.77. The van der Waals surface area contributed by atoms with Crippen molar-refractivity contribution in [2.75, 3.05) is 6.54 Å². The average molecular weight is 449 g/mol. The fourth-order valence-electron chi connectivity index (χ4n) is 4.71. The van der Waals surface area contributed by atoms with Crippen LogP contribution in [0.5, 0.6) is 0 Å². The molecule has 172 valence electrons. The second-order valence-electron chi connectivity index (χ2n) is 9.09. The molecular weight excluding hydrogens is 420 g/mol. The molecule has 0 aromatic carbocycles. The monoisotopic (exact) mass is 448 g/mol. The van der Waals surface area contributed by atoms with E-state index in [2.05, 4.69) is 4.98 Å². The van der Waals surface area contributed by atoms with Gasteiger partial charge >= 0.3 is 0 Å². The molecule has 1 amide bonds.